The molecule has 3 heterocycles. The molecule has 1 unspecified atom stereocenters. The average Bonchev–Trinajstić information content (AvgIpc) is 3.04. The Kier molecular flexibility index (Phi) is 5.32. The molecule has 0 spiro atoms. The predicted octanol–water partition coefficient (Wildman–Crippen LogP) is -0.382. The van der Waals surface area contributed by atoms with Gasteiger partial charge in [0.2, 0.25) is 11.5 Å². The van der Waals surface area contributed by atoms with E-state index >= 15 is 0 Å². The number of hydrogen-bond acceptors (Lipinski definition) is 10. The first kappa shape index (κ1) is 19.1. The fourth-order valence-electron chi connectivity index (χ4n) is 2.42. The van der Waals surface area contributed by atoms with Crippen LogP contribution in [0.3, 0.4) is 0 Å². The maximum atomic E-state index is 12.7. The van der Waals surface area contributed by atoms with Gasteiger partial charge in [0.05, 0.1) is 0 Å². The molecule has 11 nitrogen and oxygen atoms in total. The topological polar surface area (TPSA) is 160 Å². The number of nitrogens with one attached hydrogen (secondary N) is 1. The molecular weight excluding hydrogens is 396 g/mol. The lowest BCUT2D eigenvalue weighted by Gasteiger charge is -2.48. The number of carbonyl (C=O) groups is 3. The first-order chi connectivity index (χ1) is 12.8. The summed E-state index contributed by atoms with van der Waals surface area (Å²) >= 11 is 2.24. The summed E-state index contributed by atoms with van der Waals surface area (Å²) in [6.07, 6.45) is 1.17. The van der Waals surface area contributed by atoms with Crippen molar-refractivity contribution < 1.29 is 24.3 Å². The van der Waals surface area contributed by atoms with Gasteiger partial charge < -0.3 is 21.0 Å². The van der Waals surface area contributed by atoms with Crippen LogP contribution in [-0.2, 0) is 19.2 Å². The number of fused-ring (bicyclic) bond motifs is 1. The molecule has 1 aromatic heterocycles. The number of anilines is 1. The summed E-state index contributed by atoms with van der Waals surface area (Å²) in [5.41, 5.74) is 5.26. The van der Waals surface area contributed by atoms with Crippen LogP contribution in [0.2, 0.25) is 0 Å². The van der Waals surface area contributed by atoms with Gasteiger partial charge >= 0.3 is 5.97 Å². The van der Waals surface area contributed by atoms with Crippen molar-refractivity contribution in [2.45, 2.75) is 31.4 Å². The van der Waals surface area contributed by atoms with Crippen LogP contribution in [0.15, 0.2) is 16.9 Å². The van der Waals surface area contributed by atoms with Crippen molar-refractivity contribution in [1.29, 1.82) is 0 Å². The third-order valence-electron chi connectivity index (χ3n) is 3.58. The van der Waals surface area contributed by atoms with E-state index in [0.29, 0.717) is 5.75 Å². The van der Waals surface area contributed by atoms with Gasteiger partial charge in [-0.1, -0.05) is 5.16 Å². The number of aromatic nitrogens is 2. The van der Waals surface area contributed by atoms with Gasteiger partial charge in [0.25, 0.3) is 11.8 Å². The Morgan fingerprint density at radius 2 is 2.26 bits per heavy atom. The second kappa shape index (κ2) is 7.52. The van der Waals surface area contributed by atoms with Gasteiger partial charge in [-0.05, 0) is 19.9 Å². The van der Waals surface area contributed by atoms with E-state index in [-0.39, 0.29) is 28.5 Å². The molecule has 0 bridgehead atoms. The zero-order chi connectivity index (χ0) is 19.7. The lowest BCUT2D eigenvalue weighted by Crippen LogP contribution is -2.70. The molecule has 2 aliphatic rings. The summed E-state index contributed by atoms with van der Waals surface area (Å²) in [7, 11) is 0. The lowest BCUT2D eigenvalue weighted by atomic mass is 10.0. The average molecular weight is 412 g/mol. The number of nitrogen functional groups attached to an aromatic ring is 1. The maximum Gasteiger partial charge on any atom is 0.352 e. The first-order valence-corrected chi connectivity index (χ1v) is 9.64. The van der Waals surface area contributed by atoms with Gasteiger partial charge in [0.1, 0.15) is 23.2 Å². The quantitative estimate of drug-likeness (QED) is 0.321. The van der Waals surface area contributed by atoms with E-state index < -0.39 is 29.2 Å². The summed E-state index contributed by atoms with van der Waals surface area (Å²) in [5.74, 6) is -2.00. The van der Waals surface area contributed by atoms with E-state index in [9.17, 15) is 19.5 Å². The molecule has 1 fully saturated rings. The fourth-order valence-corrected chi connectivity index (χ4v) is 4.05. The number of nitrogens with zero attached hydrogens (tertiary/aromatic N) is 4. The van der Waals surface area contributed by atoms with Crippen molar-refractivity contribution in [2.24, 2.45) is 5.16 Å². The molecule has 2 atom stereocenters. The largest absolute Gasteiger partial charge is 0.477 e. The standard InChI is InChI=1S/C14H16N6O5S2/c1-5(2)25-18-7(9-17-14(15)27-19-9)10(21)16-8-11(22)20-6(13(23)24)3-4-26-12(8)20/h3,5,8,12H,4H2,1-2H3,(H,16,21)(H,23,24)(H2,15,17,19)/b18-7-/t8?,12-/m1/s1. The minimum absolute atomic E-state index is 0.0123. The smallest absolute Gasteiger partial charge is 0.352 e. The number of hydrogen-bond donors (Lipinski definition) is 3. The molecule has 2 aliphatic heterocycles. The predicted molar refractivity (Wildman–Crippen MR) is 97.8 cm³/mol. The van der Waals surface area contributed by atoms with Crippen molar-refractivity contribution in [3.63, 3.8) is 0 Å². The molecule has 13 heteroatoms. The van der Waals surface area contributed by atoms with Crippen LogP contribution in [0.5, 0.6) is 0 Å². The SMILES string of the molecule is CC(C)O/N=C(\C(=O)NC1C(=O)N2C(C(=O)O)=CCS[C@H]12)c1nsc(N)n1. The summed E-state index contributed by atoms with van der Waals surface area (Å²) in [6, 6.07) is -0.884. The van der Waals surface area contributed by atoms with Crippen LogP contribution < -0.4 is 11.1 Å². The Bertz CT molecular complexity index is 851. The number of thioether (sulfide) groups is 1. The van der Waals surface area contributed by atoms with E-state index in [1.165, 1.54) is 17.8 Å². The summed E-state index contributed by atoms with van der Waals surface area (Å²) < 4.78 is 3.95. The van der Waals surface area contributed by atoms with Crippen LogP contribution >= 0.6 is 23.3 Å². The highest BCUT2D eigenvalue weighted by Gasteiger charge is 2.53. The fraction of sp³-hybridized carbons (Fsp3) is 0.429. The first-order valence-electron chi connectivity index (χ1n) is 7.82. The molecule has 1 aromatic rings. The number of aliphatic carboxylic acids is 1. The number of carboxylic acid groups (broad SMARTS) is 1. The monoisotopic (exact) mass is 412 g/mol. The zero-order valence-electron chi connectivity index (χ0n) is 14.3. The third kappa shape index (κ3) is 3.73. The highest BCUT2D eigenvalue weighted by atomic mass is 32.2. The van der Waals surface area contributed by atoms with E-state index in [0.717, 1.165) is 16.4 Å². The maximum absolute atomic E-state index is 12.7. The minimum Gasteiger partial charge on any atom is -0.477 e. The number of nitrogens with two attached hydrogens (primary N) is 1. The van der Waals surface area contributed by atoms with Crippen molar-refractivity contribution in [3.05, 3.63) is 17.6 Å². The van der Waals surface area contributed by atoms with Crippen LogP contribution in [0.1, 0.15) is 19.7 Å². The number of oxime groups is 1. The molecule has 0 aliphatic carbocycles. The van der Waals surface area contributed by atoms with E-state index in [4.69, 9.17) is 10.6 Å². The molecule has 4 N–H and O–H groups in total. The second-order valence-corrected chi connectivity index (χ2v) is 7.76. The van der Waals surface area contributed by atoms with E-state index in [2.05, 4.69) is 19.8 Å². The molecule has 144 valence electrons. The van der Waals surface area contributed by atoms with Crippen LogP contribution in [0.4, 0.5) is 5.13 Å². The summed E-state index contributed by atoms with van der Waals surface area (Å²) in [6.45, 7) is 3.46. The number of carboxylic acids is 1. The van der Waals surface area contributed by atoms with Crippen LogP contribution in [-0.4, -0.2) is 66.1 Å². The molecule has 0 radical (unpaired) electrons. The molecule has 27 heavy (non-hydrogen) atoms. The number of amides is 2. The molecule has 3 rings (SSSR count). The van der Waals surface area contributed by atoms with E-state index in [1.54, 1.807) is 13.8 Å². The van der Waals surface area contributed by atoms with Crippen LogP contribution in [0.25, 0.3) is 0 Å². The normalized spacial score (nSPS) is 22.0. The highest BCUT2D eigenvalue weighted by molar-refractivity contribution is 8.00. The van der Waals surface area contributed by atoms with Crippen molar-refractivity contribution >= 4 is 51.9 Å². The molecule has 2 amide bonds. The van der Waals surface area contributed by atoms with Gasteiger partial charge in [0.15, 0.2) is 5.13 Å². The van der Waals surface area contributed by atoms with Crippen molar-refractivity contribution in [1.82, 2.24) is 19.6 Å². The van der Waals surface area contributed by atoms with Crippen molar-refractivity contribution in [2.75, 3.05) is 11.5 Å². The number of carbonyl (C=O) groups excluding carboxylic acids is 2. The zero-order valence-corrected chi connectivity index (χ0v) is 15.9. The molecule has 1 saturated heterocycles. The van der Waals surface area contributed by atoms with E-state index in [1.807, 2.05) is 0 Å². The third-order valence-corrected chi connectivity index (χ3v) is 5.30. The molecule has 0 aromatic carbocycles. The lowest BCUT2D eigenvalue weighted by molar-refractivity contribution is -0.150. The van der Waals surface area contributed by atoms with Gasteiger partial charge in [-0.25, -0.2) is 4.79 Å². The number of rotatable bonds is 6. The Balaban J connectivity index is 1.77. The summed E-state index contributed by atoms with van der Waals surface area (Å²) in [5, 5.41) is 15.2. The Morgan fingerprint density at radius 1 is 1.52 bits per heavy atom. The Labute approximate surface area is 161 Å². The molecule has 0 saturated carbocycles. The van der Waals surface area contributed by atoms with Crippen LogP contribution in [0, 0.1) is 0 Å². The second-order valence-electron chi connectivity index (χ2n) is 5.83. The number of β-lactam (4-membered cyclic amide) rings is 1. The van der Waals surface area contributed by atoms with Gasteiger partial charge in [-0.2, -0.15) is 9.36 Å². The Hall–Kier alpha value is -2.67. The van der Waals surface area contributed by atoms with Gasteiger partial charge in [-0.15, -0.1) is 11.8 Å². The van der Waals surface area contributed by atoms with Crippen molar-refractivity contribution in [3.8, 4) is 0 Å². The van der Waals surface area contributed by atoms with Gasteiger partial charge in [0, 0.05) is 17.3 Å². The molecular formula is C14H16N6O5S2. The minimum atomic E-state index is -1.19. The van der Waals surface area contributed by atoms with Gasteiger partial charge in [-0.3, -0.25) is 14.5 Å². The summed E-state index contributed by atoms with van der Waals surface area (Å²) in [4.78, 5) is 46.5. The highest BCUT2D eigenvalue weighted by Crippen LogP contribution is 2.37. The Morgan fingerprint density at radius 3 is 2.85 bits per heavy atom.